The van der Waals surface area contributed by atoms with Crippen LogP contribution in [0.1, 0.15) is 12.5 Å². The number of rotatable bonds is 10. The first kappa shape index (κ1) is 45.6. The molecular weight excluding hydrogens is 1010 g/mol. The maximum atomic E-state index is 14.9. The van der Waals surface area contributed by atoms with Crippen molar-refractivity contribution in [2.75, 3.05) is 32.1 Å². The van der Waals surface area contributed by atoms with E-state index >= 15 is 0 Å². The molecule has 0 amide bonds. The Balaban J connectivity index is 0.964. The molecule has 4 aliphatic rings. The minimum absolute atomic E-state index is 0.109. The van der Waals surface area contributed by atoms with E-state index in [1.165, 1.54) is 36.9 Å². The molecule has 1 N–H and O–H groups in total. The Morgan fingerprint density at radius 3 is 1.48 bits per heavy atom. The summed E-state index contributed by atoms with van der Waals surface area (Å²) in [7, 11) is -5.92. The molecule has 6 unspecified atom stereocenters. The van der Waals surface area contributed by atoms with Gasteiger partial charge >= 0.3 is 7.60 Å². The summed E-state index contributed by atoms with van der Waals surface area (Å²) >= 11 is 0. The van der Waals surface area contributed by atoms with Gasteiger partial charge in [-0.2, -0.15) is 0 Å². The monoisotopic (exact) mass is 1050 g/mol. The summed E-state index contributed by atoms with van der Waals surface area (Å²) in [6, 6.07) is 30.5. The van der Waals surface area contributed by atoms with Crippen LogP contribution in [0.3, 0.4) is 0 Å². The van der Waals surface area contributed by atoms with Crippen molar-refractivity contribution in [3.05, 3.63) is 121 Å². The Hall–Kier alpha value is -7.21. The van der Waals surface area contributed by atoms with Crippen molar-refractivity contribution in [2.45, 2.75) is 49.1 Å². The smallest absolute Gasteiger partial charge is 0.340 e. The van der Waals surface area contributed by atoms with Crippen LogP contribution in [-0.4, -0.2) is 144 Å². The van der Waals surface area contributed by atoms with E-state index in [2.05, 4.69) is 50.5 Å². The van der Waals surface area contributed by atoms with Gasteiger partial charge in [-0.25, -0.2) is 4.98 Å². The Bertz CT molecular complexity index is 3860. The maximum Gasteiger partial charge on any atom is 0.340 e. The number of para-hydroxylation sites is 4. The van der Waals surface area contributed by atoms with Crippen LogP contribution in [0.5, 0.6) is 0 Å². The first-order chi connectivity index (χ1) is 35.6. The molecule has 10 heterocycles. The molecule has 73 heavy (non-hydrogen) atoms. The normalized spacial score (nSPS) is 27.6. The largest absolute Gasteiger partial charge is 0.384 e. The van der Waals surface area contributed by atoms with E-state index in [4.69, 9.17) is 47.4 Å². The number of imidazole rings is 1. The van der Waals surface area contributed by atoms with Crippen LogP contribution in [0.25, 0.3) is 55.2 Å². The molecule has 2 fully saturated rings. The molecule has 0 aliphatic carbocycles. The molecule has 0 saturated carbocycles. The second-order valence-corrected chi connectivity index (χ2v) is 22.8. The van der Waals surface area contributed by atoms with Gasteiger partial charge < -0.3 is 47.0 Å². The van der Waals surface area contributed by atoms with Crippen molar-refractivity contribution in [2.24, 2.45) is 0 Å². The number of ether oxygens (including phenoxy) is 2. The van der Waals surface area contributed by atoms with E-state index in [-0.39, 0.29) is 17.4 Å². The minimum Gasteiger partial charge on any atom is -0.384 e. The van der Waals surface area contributed by atoms with Gasteiger partial charge in [-0.3, -0.25) is 19.1 Å². The molecule has 0 spiro atoms. The lowest BCUT2D eigenvalue weighted by molar-refractivity contribution is -0.0986. The number of benzene rings is 4. The van der Waals surface area contributed by atoms with E-state index in [1.54, 1.807) is 65.4 Å². The molecule has 4 aliphatic heterocycles. The summed E-state index contributed by atoms with van der Waals surface area (Å²) in [5.41, 5.74) is 4.80. The molecule has 11 atom stereocenters. The highest BCUT2D eigenvalue weighted by atomic mass is 31.2. The average Bonchev–Trinajstić information content (AvgIpc) is 4.28. The Morgan fingerprint density at radius 2 is 1.01 bits per heavy atom. The van der Waals surface area contributed by atoms with Crippen molar-refractivity contribution < 1.29 is 51.5 Å². The topological polar surface area (TPSA) is 287 Å². The van der Waals surface area contributed by atoms with Crippen LogP contribution in [0.4, 0.5) is 0 Å². The third-order valence-corrected chi connectivity index (χ3v) is 18.3. The second-order valence-electron chi connectivity index (χ2n) is 17.3. The van der Waals surface area contributed by atoms with Crippen molar-refractivity contribution in [3.8, 4) is 0 Å². The predicted molar refractivity (Wildman–Crippen MR) is 257 cm³/mol. The first-order valence-electron chi connectivity index (χ1n) is 22.7. The highest BCUT2D eigenvalue weighted by molar-refractivity contribution is 7.73. The molecular formula is C43H41N16O11P3. The van der Waals surface area contributed by atoms with E-state index in [9.17, 15) is 14.5 Å². The fraction of sp³-hybridized carbons (Fsp3) is 0.302. The zero-order chi connectivity index (χ0) is 49.4. The average molecular weight is 1050 g/mol. The number of hydrogen-bond acceptors (Lipinski definition) is 21. The van der Waals surface area contributed by atoms with Gasteiger partial charge in [-0.15, -0.1) is 29.6 Å². The number of aromatic nitrogens is 15. The van der Waals surface area contributed by atoms with E-state index in [1.807, 2.05) is 48.5 Å². The summed E-state index contributed by atoms with van der Waals surface area (Å²) in [4.78, 5) is 36.5. The lowest BCUT2D eigenvalue weighted by Crippen LogP contribution is -2.48. The third kappa shape index (κ3) is 8.17. The zero-order valence-corrected chi connectivity index (χ0v) is 41.0. The van der Waals surface area contributed by atoms with E-state index < -0.39 is 83.2 Å². The molecule has 14 rings (SSSR count). The molecule has 2 saturated heterocycles. The highest BCUT2D eigenvalue weighted by Gasteiger charge is 2.55. The quantitative estimate of drug-likeness (QED) is 0.193. The molecule has 30 heteroatoms. The Morgan fingerprint density at radius 1 is 0.589 bits per heavy atom. The Labute approximate surface area is 412 Å². The summed E-state index contributed by atoms with van der Waals surface area (Å²) in [5, 5.41) is 44.1. The van der Waals surface area contributed by atoms with Gasteiger partial charge in [0.05, 0.1) is 31.4 Å². The van der Waals surface area contributed by atoms with Gasteiger partial charge in [0.15, 0.2) is 30.2 Å². The number of nitrogens with zero attached hydrogens (tertiary/aromatic N) is 15. The van der Waals surface area contributed by atoms with Gasteiger partial charge in [0.1, 0.15) is 67.8 Å². The van der Waals surface area contributed by atoms with Crippen molar-refractivity contribution in [1.29, 1.82) is 5.41 Å². The molecule has 6 aromatic heterocycles. The molecule has 27 nitrogen and oxygen atoms in total. The fourth-order valence-electron chi connectivity index (χ4n) is 9.26. The first-order valence-corrected chi connectivity index (χ1v) is 27.5. The molecule has 4 aromatic carbocycles. The van der Waals surface area contributed by atoms with Crippen LogP contribution >= 0.6 is 24.2 Å². The van der Waals surface area contributed by atoms with Gasteiger partial charge in [0.2, 0.25) is 19.6 Å². The van der Waals surface area contributed by atoms with Gasteiger partial charge in [0.25, 0.3) is 0 Å². The highest BCUT2D eigenvalue weighted by Crippen LogP contribution is 2.62. The fourth-order valence-corrected chi connectivity index (χ4v) is 14.6. The summed E-state index contributed by atoms with van der Waals surface area (Å²) in [6.07, 6.45) is -6.17. The van der Waals surface area contributed by atoms with Crippen molar-refractivity contribution in [3.63, 3.8) is 0 Å². The number of pyridine rings is 1. The maximum absolute atomic E-state index is 14.9. The standard InChI is InChI=1S/C43H41N16O11P3/c1-72(60)24-73(61,64-23-71)63-21-35-38(68-57-30-15-7-3-11-26(30)47-51-57)40(70-59-32-17-9-5-13-28(32)49-53-59)43(66-35)55-22-45-36-33(55)18-19-54(41(36)44)42-39(69-58-31-16-8-4-12-27(31)48-52-58)37(34(65-42)20-62-72)67-56-29-14-6-2-10-25(29)46-50-56/h2-19,22,34-35,37-40,42-44H,20-21,23-24,71H2,1H3/t34-,35-,37?,38+,39?,40?,42-,43-,72?,73?/m1/s1. The molecule has 8 bridgehead atoms. The summed E-state index contributed by atoms with van der Waals surface area (Å²) < 4.78 is 64.8. The second kappa shape index (κ2) is 18.1. The third-order valence-electron chi connectivity index (χ3n) is 12.6. The summed E-state index contributed by atoms with van der Waals surface area (Å²) in [6.45, 7) is 0.470. The van der Waals surface area contributed by atoms with E-state index in [0.717, 1.165) is 0 Å². The number of nitrogens with one attached hydrogen (secondary N) is 1. The van der Waals surface area contributed by atoms with Crippen molar-refractivity contribution >= 4 is 79.4 Å². The summed E-state index contributed by atoms with van der Waals surface area (Å²) in [5.74, 6) is -0.663. The predicted octanol–water partition coefficient (Wildman–Crippen LogP) is 3.03. The Kier molecular flexibility index (Phi) is 11.3. The lowest BCUT2D eigenvalue weighted by atomic mass is 10.1. The van der Waals surface area contributed by atoms with Crippen LogP contribution in [-0.2, 0) is 32.2 Å². The molecule has 10 aromatic rings. The zero-order valence-electron chi connectivity index (χ0n) is 38.1. The molecule has 374 valence electrons. The molecule has 0 radical (unpaired) electrons. The van der Waals surface area contributed by atoms with E-state index in [0.29, 0.717) is 49.7 Å². The van der Waals surface area contributed by atoms with Gasteiger partial charge in [-0.05, 0) is 75.5 Å². The SMILES string of the molecule is CP1(=O)CP(=O)(OCP)OC[C@H]2O[C@H](C(On3nnc4ccccc43)[C@H]2On2nnc3ccccc32)n2cnc3c(=N)n(ccc32)[C@@H]2O[C@H](CO1)C(On1nnc3ccccc31)C2On1nnc2ccccc21. The number of hydrogen-bond donors (Lipinski definition) is 1. The van der Waals surface area contributed by atoms with Crippen LogP contribution in [0.15, 0.2) is 116 Å². The van der Waals surface area contributed by atoms with Crippen LogP contribution < -0.4 is 24.8 Å². The lowest BCUT2D eigenvalue weighted by Gasteiger charge is -2.27. The van der Waals surface area contributed by atoms with Crippen molar-refractivity contribution in [1.82, 2.24) is 74.7 Å². The van der Waals surface area contributed by atoms with Crippen LogP contribution in [0.2, 0.25) is 0 Å². The number of fused-ring (bicyclic) bond motifs is 11. The van der Waals surface area contributed by atoms with Crippen LogP contribution in [0, 0.1) is 5.41 Å². The van der Waals surface area contributed by atoms with Gasteiger partial charge in [-0.1, -0.05) is 67.9 Å². The van der Waals surface area contributed by atoms with Gasteiger partial charge in [0, 0.05) is 12.9 Å². The minimum atomic E-state index is -4.32.